The second-order valence-corrected chi connectivity index (χ2v) is 6.72. The maximum atomic E-state index is 4.48. The minimum atomic E-state index is 0.851. The second-order valence-electron chi connectivity index (χ2n) is 4.95. The van der Waals surface area contributed by atoms with E-state index < -0.39 is 0 Å². The zero-order valence-electron chi connectivity index (χ0n) is 9.50. The third-order valence-corrected chi connectivity index (χ3v) is 4.84. The molecule has 92 valence electrons. The quantitative estimate of drug-likeness (QED) is 0.876. The highest BCUT2D eigenvalue weighted by Gasteiger charge is 2.36. The number of pyridine rings is 1. The molecule has 0 bridgehead atoms. The molecule has 1 aromatic heterocycles. The van der Waals surface area contributed by atoms with Crippen LogP contribution in [0.15, 0.2) is 21.2 Å². The van der Waals surface area contributed by atoms with Crippen LogP contribution in [0.2, 0.25) is 0 Å². The average molecular weight is 361 g/mol. The van der Waals surface area contributed by atoms with Crippen LogP contribution in [0.5, 0.6) is 0 Å². The van der Waals surface area contributed by atoms with Crippen molar-refractivity contribution in [3.8, 4) is 0 Å². The lowest BCUT2D eigenvalue weighted by Crippen LogP contribution is -2.25. The predicted octanol–water partition coefficient (Wildman–Crippen LogP) is 2.26. The van der Waals surface area contributed by atoms with E-state index in [2.05, 4.69) is 53.1 Å². The summed E-state index contributed by atoms with van der Waals surface area (Å²) in [5.41, 5.74) is 1.14. The Kier molecular flexibility index (Phi) is 3.52. The van der Waals surface area contributed by atoms with Crippen LogP contribution < -0.4 is 5.32 Å². The molecule has 2 fully saturated rings. The van der Waals surface area contributed by atoms with E-state index in [9.17, 15) is 0 Å². The van der Waals surface area contributed by atoms with Crippen molar-refractivity contribution in [1.82, 2.24) is 15.2 Å². The van der Waals surface area contributed by atoms with Gasteiger partial charge in [0.25, 0.3) is 0 Å². The maximum absolute atomic E-state index is 4.48. The van der Waals surface area contributed by atoms with E-state index in [0.29, 0.717) is 0 Å². The first-order chi connectivity index (χ1) is 8.22. The summed E-state index contributed by atoms with van der Waals surface area (Å²) in [5, 5.41) is 3.47. The molecule has 0 radical (unpaired) electrons. The Labute approximate surface area is 118 Å². The van der Waals surface area contributed by atoms with Gasteiger partial charge in [-0.2, -0.15) is 0 Å². The van der Waals surface area contributed by atoms with Gasteiger partial charge >= 0.3 is 0 Å². The predicted molar refractivity (Wildman–Crippen MR) is 74.8 cm³/mol. The van der Waals surface area contributed by atoms with Crippen molar-refractivity contribution < 1.29 is 0 Å². The first kappa shape index (κ1) is 12.1. The fraction of sp³-hybridized carbons (Fsp3) is 0.583. The number of hydrogen-bond acceptors (Lipinski definition) is 3. The third kappa shape index (κ3) is 2.57. The van der Waals surface area contributed by atoms with Gasteiger partial charge in [-0.25, -0.2) is 0 Å². The molecule has 17 heavy (non-hydrogen) atoms. The van der Waals surface area contributed by atoms with Gasteiger partial charge in [0.2, 0.25) is 0 Å². The Bertz CT molecular complexity index is 412. The lowest BCUT2D eigenvalue weighted by Gasteiger charge is -2.17. The molecule has 2 atom stereocenters. The molecule has 0 aromatic carbocycles. The monoisotopic (exact) mass is 359 g/mol. The SMILES string of the molecule is Brc1cnc(CN2C[C@H]3CNC[C@H]3C2)c(Br)c1. The summed E-state index contributed by atoms with van der Waals surface area (Å²) in [6.07, 6.45) is 1.87. The number of nitrogens with zero attached hydrogens (tertiary/aromatic N) is 2. The Balaban J connectivity index is 1.67. The van der Waals surface area contributed by atoms with Crippen molar-refractivity contribution in [2.45, 2.75) is 6.54 Å². The number of aromatic nitrogens is 1. The highest BCUT2D eigenvalue weighted by atomic mass is 79.9. The smallest absolute Gasteiger partial charge is 0.0686 e. The van der Waals surface area contributed by atoms with E-state index >= 15 is 0 Å². The Morgan fingerprint density at radius 2 is 2.00 bits per heavy atom. The van der Waals surface area contributed by atoms with E-state index in [1.807, 2.05) is 6.20 Å². The van der Waals surface area contributed by atoms with Crippen molar-refractivity contribution in [2.24, 2.45) is 11.8 Å². The van der Waals surface area contributed by atoms with Gasteiger partial charge in [-0.05, 0) is 62.9 Å². The van der Waals surface area contributed by atoms with Crippen molar-refractivity contribution in [1.29, 1.82) is 0 Å². The molecule has 1 N–H and O–H groups in total. The van der Waals surface area contributed by atoms with Crippen LogP contribution >= 0.6 is 31.9 Å². The van der Waals surface area contributed by atoms with Crippen LogP contribution in [0.3, 0.4) is 0 Å². The summed E-state index contributed by atoms with van der Waals surface area (Å²) in [6.45, 7) is 5.76. The second kappa shape index (κ2) is 4.96. The molecule has 3 rings (SSSR count). The van der Waals surface area contributed by atoms with E-state index in [0.717, 1.165) is 33.0 Å². The van der Waals surface area contributed by atoms with Gasteiger partial charge in [0, 0.05) is 34.8 Å². The molecule has 2 saturated heterocycles. The zero-order chi connectivity index (χ0) is 11.8. The molecule has 0 saturated carbocycles. The zero-order valence-corrected chi connectivity index (χ0v) is 12.7. The summed E-state index contributed by atoms with van der Waals surface area (Å²) in [4.78, 5) is 7.01. The van der Waals surface area contributed by atoms with Gasteiger partial charge < -0.3 is 5.32 Å². The lowest BCUT2D eigenvalue weighted by molar-refractivity contribution is 0.301. The van der Waals surface area contributed by atoms with Gasteiger partial charge in [-0.15, -0.1) is 0 Å². The van der Waals surface area contributed by atoms with E-state index in [1.165, 1.54) is 26.2 Å². The molecule has 0 amide bonds. The summed E-state index contributed by atoms with van der Waals surface area (Å²) in [6, 6.07) is 2.07. The molecular formula is C12H15Br2N3. The number of likely N-dealkylation sites (tertiary alicyclic amines) is 1. The minimum Gasteiger partial charge on any atom is -0.316 e. The van der Waals surface area contributed by atoms with Crippen molar-refractivity contribution in [3.63, 3.8) is 0 Å². The molecule has 5 heteroatoms. The summed E-state index contributed by atoms with van der Waals surface area (Å²) in [5.74, 6) is 1.70. The maximum Gasteiger partial charge on any atom is 0.0686 e. The fourth-order valence-corrected chi connectivity index (χ4v) is 3.97. The van der Waals surface area contributed by atoms with E-state index in [4.69, 9.17) is 0 Å². The third-order valence-electron chi connectivity index (χ3n) is 3.72. The summed E-state index contributed by atoms with van der Waals surface area (Å²) >= 11 is 7.02. The van der Waals surface area contributed by atoms with E-state index in [-0.39, 0.29) is 0 Å². The molecule has 3 heterocycles. The number of fused-ring (bicyclic) bond motifs is 1. The van der Waals surface area contributed by atoms with Gasteiger partial charge in [0.1, 0.15) is 0 Å². The molecule has 0 spiro atoms. The van der Waals surface area contributed by atoms with Crippen LogP contribution in [0.25, 0.3) is 0 Å². The van der Waals surface area contributed by atoms with Gasteiger partial charge in [0.15, 0.2) is 0 Å². The van der Waals surface area contributed by atoms with Crippen molar-refractivity contribution in [3.05, 3.63) is 26.9 Å². The Morgan fingerprint density at radius 3 is 2.65 bits per heavy atom. The van der Waals surface area contributed by atoms with Crippen LogP contribution in [-0.4, -0.2) is 36.1 Å². The van der Waals surface area contributed by atoms with Crippen LogP contribution in [-0.2, 0) is 6.54 Å². The molecule has 0 aliphatic carbocycles. The van der Waals surface area contributed by atoms with Crippen LogP contribution in [0.1, 0.15) is 5.69 Å². The average Bonchev–Trinajstić information content (AvgIpc) is 2.82. The molecule has 2 aliphatic rings. The number of nitrogens with one attached hydrogen (secondary N) is 1. The normalized spacial score (nSPS) is 28.6. The van der Waals surface area contributed by atoms with Gasteiger partial charge in [0.05, 0.1) is 5.69 Å². The highest BCUT2D eigenvalue weighted by molar-refractivity contribution is 9.11. The number of hydrogen-bond donors (Lipinski definition) is 1. The molecule has 0 unspecified atom stereocenters. The van der Waals surface area contributed by atoms with Gasteiger partial charge in [-0.1, -0.05) is 0 Å². The first-order valence-electron chi connectivity index (χ1n) is 5.95. The minimum absolute atomic E-state index is 0.851. The Hall–Kier alpha value is 0.0300. The Morgan fingerprint density at radius 1 is 1.29 bits per heavy atom. The number of halogens is 2. The highest BCUT2D eigenvalue weighted by Crippen LogP contribution is 2.28. The topological polar surface area (TPSA) is 28.2 Å². The summed E-state index contributed by atoms with van der Waals surface area (Å²) < 4.78 is 2.12. The van der Waals surface area contributed by atoms with Crippen molar-refractivity contribution in [2.75, 3.05) is 26.2 Å². The molecule has 1 aromatic rings. The molecular weight excluding hydrogens is 346 g/mol. The standard InChI is InChI=1S/C12H15Br2N3/c13-10-1-11(14)12(16-4-10)7-17-5-8-2-15-3-9(8)6-17/h1,4,8-9,15H,2-3,5-7H2/t8-,9+. The molecule has 2 aliphatic heterocycles. The molecule has 3 nitrogen and oxygen atoms in total. The van der Waals surface area contributed by atoms with Crippen LogP contribution in [0.4, 0.5) is 0 Å². The van der Waals surface area contributed by atoms with E-state index in [1.54, 1.807) is 0 Å². The lowest BCUT2D eigenvalue weighted by atomic mass is 10.0. The van der Waals surface area contributed by atoms with Crippen molar-refractivity contribution >= 4 is 31.9 Å². The first-order valence-corrected chi connectivity index (χ1v) is 7.54. The fourth-order valence-electron chi connectivity index (χ4n) is 2.85. The van der Waals surface area contributed by atoms with Gasteiger partial charge in [-0.3, -0.25) is 9.88 Å². The largest absolute Gasteiger partial charge is 0.316 e. The summed E-state index contributed by atoms with van der Waals surface area (Å²) in [7, 11) is 0. The number of rotatable bonds is 2. The van der Waals surface area contributed by atoms with Crippen LogP contribution in [0, 0.1) is 11.8 Å².